The molecule has 6 N–H and O–H groups in total. The van der Waals surface area contributed by atoms with Gasteiger partial charge in [0.15, 0.2) is 5.96 Å². The number of guanidine groups is 2. The van der Waals surface area contributed by atoms with E-state index in [2.05, 4.69) is 15.0 Å². The average molecular weight is 317 g/mol. The van der Waals surface area contributed by atoms with Crippen LogP contribution in [0.15, 0.2) is 34.5 Å². The second-order valence-electron chi connectivity index (χ2n) is 5.77. The molecule has 0 fully saturated rings. The van der Waals surface area contributed by atoms with Crippen LogP contribution < -0.4 is 17.2 Å². The molecular weight excluding hydrogens is 298 g/mol. The molecule has 0 saturated carbocycles. The Balaban J connectivity index is 2.34. The molecule has 23 heavy (non-hydrogen) atoms. The van der Waals surface area contributed by atoms with Crippen LogP contribution in [-0.2, 0) is 4.74 Å². The number of carbonyl (C=O) groups excluding carboxylic acids is 1. The maximum atomic E-state index is 12.1. The minimum atomic E-state index is -0.591. The highest BCUT2D eigenvalue weighted by atomic mass is 16.6. The molecule has 0 unspecified atom stereocenters. The van der Waals surface area contributed by atoms with Gasteiger partial charge in [0.1, 0.15) is 11.9 Å². The summed E-state index contributed by atoms with van der Waals surface area (Å²) in [4.78, 5) is 24.0. The van der Waals surface area contributed by atoms with E-state index >= 15 is 0 Å². The maximum Gasteiger partial charge on any atom is 0.420 e. The number of hydrogen-bond acceptors (Lipinski definition) is 4. The summed E-state index contributed by atoms with van der Waals surface area (Å²) in [5.74, 6) is -0.252. The van der Waals surface area contributed by atoms with Crippen molar-refractivity contribution in [2.24, 2.45) is 27.2 Å². The monoisotopic (exact) mass is 317 g/mol. The lowest BCUT2D eigenvalue weighted by Crippen LogP contribution is -2.26. The SMILES string of the molecule is CC(C)(C)OC(=O)n1cnc2cc(N=C(N)N=C(N)N)ccc21. The summed E-state index contributed by atoms with van der Waals surface area (Å²) in [6.45, 7) is 5.38. The van der Waals surface area contributed by atoms with Crippen molar-refractivity contribution >= 4 is 34.7 Å². The molecule has 0 aliphatic carbocycles. The predicted octanol–water partition coefficient (Wildman–Crippen LogP) is 1.04. The number of carbonyl (C=O) groups is 1. The van der Waals surface area contributed by atoms with E-state index in [4.69, 9.17) is 21.9 Å². The number of rotatable bonds is 1. The zero-order valence-electron chi connectivity index (χ0n) is 13.1. The number of benzene rings is 1. The smallest absolute Gasteiger partial charge is 0.420 e. The van der Waals surface area contributed by atoms with Gasteiger partial charge in [-0.05, 0) is 39.0 Å². The lowest BCUT2D eigenvalue weighted by atomic mass is 10.2. The lowest BCUT2D eigenvalue weighted by molar-refractivity contribution is 0.0543. The van der Waals surface area contributed by atoms with Gasteiger partial charge < -0.3 is 21.9 Å². The summed E-state index contributed by atoms with van der Waals surface area (Å²) in [6.07, 6.45) is 0.891. The Morgan fingerprint density at radius 3 is 2.57 bits per heavy atom. The highest BCUT2D eigenvalue weighted by Gasteiger charge is 2.19. The molecule has 1 aromatic carbocycles. The molecule has 1 aromatic heterocycles. The Kier molecular flexibility index (Phi) is 4.21. The lowest BCUT2D eigenvalue weighted by Gasteiger charge is -2.19. The average Bonchev–Trinajstić information content (AvgIpc) is 2.78. The fourth-order valence-electron chi connectivity index (χ4n) is 1.82. The minimum absolute atomic E-state index is 0.0732. The number of aliphatic imine (C=N–C) groups is 2. The molecule has 0 atom stereocenters. The van der Waals surface area contributed by atoms with Crippen LogP contribution in [0.3, 0.4) is 0 Å². The number of fused-ring (bicyclic) bond motifs is 1. The van der Waals surface area contributed by atoms with Crippen molar-refractivity contribution in [3.8, 4) is 0 Å². The summed E-state index contributed by atoms with van der Waals surface area (Å²) in [5.41, 5.74) is 17.1. The first-order valence-electron chi connectivity index (χ1n) is 6.80. The van der Waals surface area contributed by atoms with E-state index in [1.165, 1.54) is 10.9 Å². The quantitative estimate of drug-likeness (QED) is 0.529. The van der Waals surface area contributed by atoms with Crippen LogP contribution in [0.1, 0.15) is 20.8 Å². The summed E-state index contributed by atoms with van der Waals surface area (Å²) in [7, 11) is 0. The van der Waals surface area contributed by atoms with E-state index in [1.54, 1.807) is 39.0 Å². The number of aromatic nitrogens is 2. The molecule has 0 radical (unpaired) electrons. The highest BCUT2D eigenvalue weighted by molar-refractivity contribution is 5.94. The first kappa shape index (κ1) is 16.3. The topological polar surface area (TPSA) is 147 Å². The van der Waals surface area contributed by atoms with Crippen molar-refractivity contribution in [1.29, 1.82) is 0 Å². The van der Waals surface area contributed by atoms with Crippen molar-refractivity contribution in [2.75, 3.05) is 0 Å². The molecule has 0 saturated heterocycles. The Labute approximate surface area is 132 Å². The van der Waals surface area contributed by atoms with Crippen LogP contribution in [0.5, 0.6) is 0 Å². The Morgan fingerprint density at radius 2 is 1.96 bits per heavy atom. The molecule has 9 nitrogen and oxygen atoms in total. The van der Waals surface area contributed by atoms with Gasteiger partial charge in [0, 0.05) is 0 Å². The molecular formula is C14H19N7O2. The predicted molar refractivity (Wildman–Crippen MR) is 88.5 cm³/mol. The zero-order chi connectivity index (χ0) is 17.2. The van der Waals surface area contributed by atoms with Gasteiger partial charge in [-0.1, -0.05) is 0 Å². The van der Waals surface area contributed by atoms with Gasteiger partial charge in [-0.3, -0.25) is 0 Å². The normalized spacial score (nSPS) is 12.2. The summed E-state index contributed by atoms with van der Waals surface area (Å²) in [6, 6.07) is 5.01. The minimum Gasteiger partial charge on any atom is -0.443 e. The number of ether oxygens (including phenoxy) is 1. The van der Waals surface area contributed by atoms with Gasteiger partial charge in [0.05, 0.1) is 16.7 Å². The summed E-state index contributed by atoms with van der Waals surface area (Å²) < 4.78 is 6.65. The van der Waals surface area contributed by atoms with Crippen LogP contribution in [-0.4, -0.2) is 33.2 Å². The second kappa shape index (κ2) is 5.95. The molecule has 0 amide bonds. The van der Waals surface area contributed by atoms with Crippen LogP contribution >= 0.6 is 0 Å². The Bertz CT molecular complexity index is 795. The van der Waals surface area contributed by atoms with Crippen LogP contribution in [0.4, 0.5) is 10.5 Å². The van der Waals surface area contributed by atoms with E-state index < -0.39 is 11.7 Å². The van der Waals surface area contributed by atoms with Gasteiger partial charge >= 0.3 is 6.09 Å². The fourth-order valence-corrected chi connectivity index (χ4v) is 1.82. The third-order valence-electron chi connectivity index (χ3n) is 2.61. The zero-order valence-corrected chi connectivity index (χ0v) is 13.1. The Morgan fingerprint density at radius 1 is 1.26 bits per heavy atom. The summed E-state index contributed by atoms with van der Waals surface area (Å²) in [5, 5.41) is 0. The molecule has 9 heteroatoms. The van der Waals surface area contributed by atoms with E-state index in [0.717, 1.165) is 0 Å². The molecule has 2 rings (SSSR count). The van der Waals surface area contributed by atoms with E-state index in [1.807, 2.05) is 0 Å². The van der Waals surface area contributed by atoms with Crippen LogP contribution in [0, 0.1) is 0 Å². The van der Waals surface area contributed by atoms with Crippen molar-refractivity contribution in [2.45, 2.75) is 26.4 Å². The van der Waals surface area contributed by atoms with Gasteiger partial charge in [0.2, 0.25) is 5.96 Å². The second-order valence-corrected chi connectivity index (χ2v) is 5.77. The van der Waals surface area contributed by atoms with Gasteiger partial charge in [-0.2, -0.15) is 4.99 Å². The van der Waals surface area contributed by atoms with Crippen molar-refractivity contribution in [1.82, 2.24) is 9.55 Å². The maximum absolute atomic E-state index is 12.1. The van der Waals surface area contributed by atoms with Gasteiger partial charge in [-0.25, -0.2) is 19.3 Å². The number of hydrogen-bond donors (Lipinski definition) is 3. The highest BCUT2D eigenvalue weighted by Crippen LogP contribution is 2.21. The van der Waals surface area contributed by atoms with Crippen molar-refractivity contribution in [3.05, 3.63) is 24.5 Å². The van der Waals surface area contributed by atoms with Crippen LogP contribution in [0.2, 0.25) is 0 Å². The van der Waals surface area contributed by atoms with Crippen molar-refractivity contribution < 1.29 is 9.53 Å². The first-order valence-corrected chi connectivity index (χ1v) is 6.80. The first-order chi connectivity index (χ1) is 10.7. The molecule has 0 spiro atoms. The third kappa shape index (κ3) is 4.19. The number of nitrogens with two attached hydrogens (primary N) is 3. The fraction of sp³-hybridized carbons (Fsp3) is 0.286. The molecule has 2 aromatic rings. The standard InChI is InChI=1S/C14H19N7O2/c1-14(2,3)23-13(22)21-7-18-9-6-8(4-5-10(9)21)19-12(17)20-11(15)16/h4-7H,1-3H3,(H6,15,16,17,19,20). The third-order valence-corrected chi connectivity index (χ3v) is 2.61. The van der Waals surface area contributed by atoms with E-state index in [-0.39, 0.29) is 11.9 Å². The van der Waals surface area contributed by atoms with Crippen LogP contribution in [0.25, 0.3) is 11.0 Å². The summed E-state index contributed by atoms with van der Waals surface area (Å²) >= 11 is 0. The number of nitrogens with zero attached hydrogens (tertiary/aromatic N) is 4. The van der Waals surface area contributed by atoms with Crippen molar-refractivity contribution in [3.63, 3.8) is 0 Å². The molecule has 0 aliphatic rings. The van der Waals surface area contributed by atoms with Gasteiger partial charge in [-0.15, -0.1) is 0 Å². The molecule has 0 bridgehead atoms. The molecule has 0 aliphatic heterocycles. The van der Waals surface area contributed by atoms with E-state index in [0.29, 0.717) is 16.7 Å². The molecule has 1 heterocycles. The number of imidazole rings is 1. The molecule has 122 valence electrons. The van der Waals surface area contributed by atoms with Gasteiger partial charge in [0.25, 0.3) is 0 Å². The largest absolute Gasteiger partial charge is 0.443 e. The van der Waals surface area contributed by atoms with E-state index in [9.17, 15) is 4.79 Å². The Hall–Kier alpha value is -3.10.